The average molecular weight is 398 g/mol. The monoisotopic (exact) mass is 398 g/mol. The van der Waals surface area contributed by atoms with Gasteiger partial charge in [-0.1, -0.05) is 44.2 Å². The van der Waals surface area contributed by atoms with Gasteiger partial charge in [0.15, 0.2) is 6.61 Å². The van der Waals surface area contributed by atoms with Crippen LogP contribution in [-0.2, 0) is 20.8 Å². The predicted octanol–water partition coefficient (Wildman–Crippen LogP) is 2.96. The van der Waals surface area contributed by atoms with E-state index in [0.29, 0.717) is 22.9 Å². The molecule has 2 aromatic carbocycles. The Bertz CT molecular complexity index is 849. The van der Waals surface area contributed by atoms with Crippen LogP contribution in [0.5, 0.6) is 5.75 Å². The molecule has 0 radical (unpaired) electrons. The number of aliphatic carboxylic acids is 1. The fourth-order valence-electron chi connectivity index (χ4n) is 2.71. The lowest BCUT2D eigenvalue weighted by Crippen LogP contribution is -2.30. The van der Waals surface area contributed by atoms with E-state index in [9.17, 15) is 14.4 Å². The molecule has 0 heterocycles. The fraction of sp³-hybridized carbons (Fsp3) is 0.318. The SMILES string of the molecule is CCC(C)c1ccccc1OCC(=O)Nc1ccc(CC(=O)NCC(=O)O)cc1. The number of carbonyl (C=O) groups is 3. The molecule has 154 valence electrons. The predicted molar refractivity (Wildman–Crippen MR) is 110 cm³/mol. The Morgan fingerprint density at radius 1 is 1.03 bits per heavy atom. The van der Waals surface area contributed by atoms with Crippen LogP contribution in [0.4, 0.5) is 5.69 Å². The minimum atomic E-state index is -1.09. The second-order valence-electron chi connectivity index (χ2n) is 6.73. The quantitative estimate of drug-likeness (QED) is 0.571. The number of carboxylic acid groups (broad SMARTS) is 1. The van der Waals surface area contributed by atoms with Crippen molar-refractivity contribution in [3.8, 4) is 5.75 Å². The molecule has 2 rings (SSSR count). The Morgan fingerprint density at radius 3 is 2.38 bits per heavy atom. The summed E-state index contributed by atoms with van der Waals surface area (Å²) in [7, 11) is 0. The highest BCUT2D eigenvalue weighted by molar-refractivity contribution is 5.92. The van der Waals surface area contributed by atoms with Crippen LogP contribution in [0, 0.1) is 0 Å². The van der Waals surface area contributed by atoms with Crippen LogP contribution in [-0.4, -0.2) is 36.0 Å². The number of amides is 2. The van der Waals surface area contributed by atoms with Gasteiger partial charge in [0.2, 0.25) is 5.91 Å². The van der Waals surface area contributed by atoms with E-state index in [1.54, 1.807) is 24.3 Å². The number of anilines is 1. The second-order valence-corrected chi connectivity index (χ2v) is 6.73. The maximum atomic E-state index is 12.2. The number of para-hydroxylation sites is 1. The number of nitrogens with one attached hydrogen (secondary N) is 2. The van der Waals surface area contributed by atoms with Gasteiger partial charge in [0.25, 0.3) is 5.91 Å². The van der Waals surface area contributed by atoms with Crippen LogP contribution in [0.25, 0.3) is 0 Å². The van der Waals surface area contributed by atoms with E-state index in [2.05, 4.69) is 24.5 Å². The lowest BCUT2D eigenvalue weighted by atomic mass is 9.98. The molecule has 0 spiro atoms. The summed E-state index contributed by atoms with van der Waals surface area (Å²) in [6, 6.07) is 14.5. The van der Waals surface area contributed by atoms with Crippen molar-refractivity contribution in [2.75, 3.05) is 18.5 Å². The molecule has 2 amide bonds. The third kappa shape index (κ3) is 7.29. The number of hydrogen-bond acceptors (Lipinski definition) is 4. The topological polar surface area (TPSA) is 105 Å². The number of ether oxygens (including phenoxy) is 1. The van der Waals surface area contributed by atoms with Crippen molar-refractivity contribution in [1.29, 1.82) is 0 Å². The van der Waals surface area contributed by atoms with Crippen molar-refractivity contribution in [3.05, 3.63) is 59.7 Å². The molecule has 0 aliphatic heterocycles. The molecule has 0 aliphatic carbocycles. The summed E-state index contributed by atoms with van der Waals surface area (Å²) in [5, 5.41) is 13.6. The first-order valence-corrected chi connectivity index (χ1v) is 9.48. The van der Waals surface area contributed by atoms with Crippen LogP contribution in [0.2, 0.25) is 0 Å². The van der Waals surface area contributed by atoms with E-state index in [0.717, 1.165) is 12.0 Å². The summed E-state index contributed by atoms with van der Waals surface area (Å²) in [5.41, 5.74) is 2.38. The Kier molecular flexibility index (Phi) is 8.21. The molecule has 3 N–H and O–H groups in total. The van der Waals surface area contributed by atoms with Crippen LogP contribution in [0.1, 0.15) is 37.3 Å². The van der Waals surface area contributed by atoms with E-state index in [4.69, 9.17) is 9.84 Å². The summed E-state index contributed by atoms with van der Waals surface area (Å²) in [5.74, 6) is -0.701. The van der Waals surface area contributed by atoms with Crippen molar-refractivity contribution in [3.63, 3.8) is 0 Å². The highest BCUT2D eigenvalue weighted by Gasteiger charge is 2.11. The maximum Gasteiger partial charge on any atom is 0.322 e. The van der Waals surface area contributed by atoms with E-state index in [-0.39, 0.29) is 24.8 Å². The Hall–Kier alpha value is -3.35. The number of carboxylic acids is 1. The number of rotatable bonds is 10. The smallest absolute Gasteiger partial charge is 0.322 e. The van der Waals surface area contributed by atoms with Gasteiger partial charge in [-0.25, -0.2) is 0 Å². The molecule has 0 saturated carbocycles. The van der Waals surface area contributed by atoms with E-state index < -0.39 is 12.5 Å². The molecular weight excluding hydrogens is 372 g/mol. The average Bonchev–Trinajstić information content (AvgIpc) is 2.72. The van der Waals surface area contributed by atoms with Gasteiger partial charge in [-0.15, -0.1) is 0 Å². The number of carbonyl (C=O) groups excluding carboxylic acids is 2. The fourth-order valence-corrected chi connectivity index (χ4v) is 2.71. The van der Waals surface area contributed by atoms with Gasteiger partial charge in [0, 0.05) is 5.69 Å². The summed E-state index contributed by atoms with van der Waals surface area (Å²) in [6.07, 6.45) is 1.05. The van der Waals surface area contributed by atoms with Crippen molar-refractivity contribution in [2.24, 2.45) is 0 Å². The third-order valence-corrected chi connectivity index (χ3v) is 4.46. The van der Waals surface area contributed by atoms with Crippen molar-refractivity contribution in [2.45, 2.75) is 32.6 Å². The molecule has 1 unspecified atom stereocenters. The Balaban J connectivity index is 1.85. The van der Waals surface area contributed by atoms with E-state index in [1.807, 2.05) is 24.3 Å². The van der Waals surface area contributed by atoms with Crippen LogP contribution < -0.4 is 15.4 Å². The lowest BCUT2D eigenvalue weighted by molar-refractivity contribution is -0.137. The molecule has 7 nitrogen and oxygen atoms in total. The Labute approximate surface area is 170 Å². The van der Waals surface area contributed by atoms with Gasteiger partial charge in [0.1, 0.15) is 12.3 Å². The minimum absolute atomic E-state index is 0.0665. The molecule has 0 bridgehead atoms. The first-order chi connectivity index (χ1) is 13.9. The molecule has 0 aromatic heterocycles. The van der Waals surface area contributed by atoms with Gasteiger partial charge in [-0.3, -0.25) is 14.4 Å². The highest BCUT2D eigenvalue weighted by Crippen LogP contribution is 2.28. The molecule has 0 saturated heterocycles. The van der Waals surface area contributed by atoms with Gasteiger partial charge in [0.05, 0.1) is 6.42 Å². The van der Waals surface area contributed by atoms with E-state index in [1.165, 1.54) is 0 Å². The third-order valence-electron chi connectivity index (χ3n) is 4.46. The summed E-state index contributed by atoms with van der Waals surface area (Å²) >= 11 is 0. The summed E-state index contributed by atoms with van der Waals surface area (Å²) in [6.45, 7) is 3.71. The molecule has 1 atom stereocenters. The van der Waals surface area contributed by atoms with Gasteiger partial charge in [-0.2, -0.15) is 0 Å². The molecule has 29 heavy (non-hydrogen) atoms. The zero-order valence-corrected chi connectivity index (χ0v) is 16.6. The lowest BCUT2D eigenvalue weighted by Gasteiger charge is -2.15. The Morgan fingerprint density at radius 2 is 1.72 bits per heavy atom. The first-order valence-electron chi connectivity index (χ1n) is 9.48. The zero-order chi connectivity index (χ0) is 21.2. The van der Waals surface area contributed by atoms with Gasteiger partial charge in [-0.05, 0) is 41.7 Å². The van der Waals surface area contributed by atoms with Crippen molar-refractivity contribution >= 4 is 23.5 Å². The van der Waals surface area contributed by atoms with Crippen LogP contribution in [0.15, 0.2) is 48.5 Å². The molecule has 0 aliphatic rings. The zero-order valence-electron chi connectivity index (χ0n) is 16.6. The normalized spacial score (nSPS) is 11.4. The van der Waals surface area contributed by atoms with Crippen LogP contribution in [0.3, 0.4) is 0 Å². The van der Waals surface area contributed by atoms with Gasteiger partial charge < -0.3 is 20.5 Å². The minimum Gasteiger partial charge on any atom is -0.483 e. The largest absolute Gasteiger partial charge is 0.483 e. The maximum absolute atomic E-state index is 12.2. The summed E-state index contributed by atoms with van der Waals surface area (Å²) < 4.78 is 5.70. The van der Waals surface area contributed by atoms with Crippen LogP contribution >= 0.6 is 0 Å². The molecule has 2 aromatic rings. The molecule has 7 heteroatoms. The van der Waals surface area contributed by atoms with Crippen molar-refractivity contribution in [1.82, 2.24) is 5.32 Å². The first kappa shape index (κ1) is 21.9. The van der Waals surface area contributed by atoms with Crippen molar-refractivity contribution < 1.29 is 24.2 Å². The van der Waals surface area contributed by atoms with Gasteiger partial charge >= 0.3 is 5.97 Å². The number of benzene rings is 2. The standard InChI is InChI=1S/C22H26N2O5/c1-3-15(2)18-6-4-5-7-19(18)29-14-21(26)24-17-10-8-16(9-11-17)12-20(25)23-13-22(27)28/h4-11,15H,3,12-14H2,1-2H3,(H,23,25)(H,24,26)(H,27,28). The number of hydrogen-bond donors (Lipinski definition) is 3. The molecular formula is C22H26N2O5. The molecule has 0 fully saturated rings. The second kappa shape index (κ2) is 10.8. The highest BCUT2D eigenvalue weighted by atomic mass is 16.5. The summed E-state index contributed by atoms with van der Waals surface area (Å²) in [4.78, 5) is 34.3. The van der Waals surface area contributed by atoms with E-state index >= 15 is 0 Å².